The molecule has 0 aliphatic carbocycles. The van der Waals surface area contributed by atoms with Crippen LogP contribution in [0.4, 0.5) is 0 Å². The molecular weight excluding hydrogens is 334 g/mol. The van der Waals surface area contributed by atoms with Gasteiger partial charge in [-0.3, -0.25) is 4.79 Å². The number of benzene rings is 2. The van der Waals surface area contributed by atoms with Gasteiger partial charge < -0.3 is 9.64 Å². The Hall–Kier alpha value is -2.13. The number of rotatable bonds is 5. The van der Waals surface area contributed by atoms with E-state index in [4.69, 9.17) is 4.74 Å². The maximum Gasteiger partial charge on any atom is 0.314 e. The van der Waals surface area contributed by atoms with Crippen LogP contribution in [0.15, 0.2) is 54.6 Å². The molecule has 4 rings (SSSR count). The molecule has 2 aromatic carbocycles. The normalized spacial score (nSPS) is 25.9. The summed E-state index contributed by atoms with van der Waals surface area (Å²) < 4.78 is 6.07. The molecule has 0 amide bonds. The molecule has 142 valence electrons. The summed E-state index contributed by atoms with van der Waals surface area (Å²) in [4.78, 5) is 15.6. The number of carbonyl (C=O) groups is 1. The fraction of sp³-hybridized carbons (Fsp3) is 0.458. The second-order valence-corrected chi connectivity index (χ2v) is 8.23. The molecule has 2 heterocycles. The number of carbonyl (C=O) groups excluding carboxylic acids is 1. The van der Waals surface area contributed by atoms with Gasteiger partial charge in [0.05, 0.1) is 5.92 Å². The van der Waals surface area contributed by atoms with Crippen molar-refractivity contribution in [1.29, 1.82) is 0 Å². The van der Waals surface area contributed by atoms with E-state index in [1.54, 1.807) is 0 Å². The van der Waals surface area contributed by atoms with E-state index in [9.17, 15) is 4.79 Å². The lowest BCUT2D eigenvalue weighted by Gasteiger charge is -2.36. The van der Waals surface area contributed by atoms with Crippen molar-refractivity contribution in [2.24, 2.45) is 0 Å². The van der Waals surface area contributed by atoms with Crippen molar-refractivity contribution in [3.8, 4) is 0 Å². The molecule has 2 fully saturated rings. The summed E-state index contributed by atoms with van der Waals surface area (Å²) in [6, 6.07) is 19.7. The van der Waals surface area contributed by atoms with Gasteiger partial charge in [0.25, 0.3) is 0 Å². The first-order valence-corrected chi connectivity index (χ1v) is 10.1. The number of aryl methyl sites for hydroxylation is 1. The summed E-state index contributed by atoms with van der Waals surface area (Å²) in [6.07, 6.45) is 5.18. The summed E-state index contributed by atoms with van der Waals surface area (Å²) in [5, 5.41) is 0. The molecule has 0 saturated carbocycles. The third-order valence-corrected chi connectivity index (χ3v) is 6.38. The molecule has 4 atom stereocenters. The number of nitrogens with zero attached hydrogens (tertiary/aromatic N) is 1. The number of hydrogen-bond acceptors (Lipinski definition) is 3. The fourth-order valence-electron chi connectivity index (χ4n) is 4.69. The zero-order chi connectivity index (χ0) is 18.8. The lowest BCUT2D eigenvalue weighted by molar-refractivity contribution is -0.154. The van der Waals surface area contributed by atoms with Crippen LogP contribution in [-0.2, 0) is 16.0 Å². The summed E-state index contributed by atoms with van der Waals surface area (Å²) >= 11 is 0. The molecular formula is C24H29NO2. The molecule has 27 heavy (non-hydrogen) atoms. The molecule has 0 N–H and O–H groups in total. The minimum Gasteiger partial charge on any atom is -0.462 e. The topological polar surface area (TPSA) is 29.5 Å². The fourth-order valence-corrected chi connectivity index (χ4v) is 4.69. The molecule has 0 radical (unpaired) electrons. The van der Waals surface area contributed by atoms with Gasteiger partial charge in [-0.1, -0.05) is 60.2 Å². The lowest BCUT2D eigenvalue weighted by Crippen LogP contribution is -2.43. The summed E-state index contributed by atoms with van der Waals surface area (Å²) in [5.74, 6) is -0.318. The monoisotopic (exact) mass is 363 g/mol. The van der Waals surface area contributed by atoms with Crippen molar-refractivity contribution in [2.45, 2.75) is 63.1 Å². The predicted octanol–water partition coefficient (Wildman–Crippen LogP) is 4.49. The van der Waals surface area contributed by atoms with Crippen LogP contribution in [0.25, 0.3) is 0 Å². The smallest absolute Gasteiger partial charge is 0.314 e. The third kappa shape index (κ3) is 4.08. The maximum atomic E-state index is 13.2. The van der Waals surface area contributed by atoms with E-state index >= 15 is 0 Å². The maximum absolute atomic E-state index is 13.2. The standard InChI is InChI=1S/C24H29NO2/c1-17-8-10-18(11-9-17)14-23(19-6-4-3-5-7-19)24(26)27-22-15-20-12-13-21(16-22)25(20)2/h3-11,20-23H,12-16H2,1-2H3/t20-,21+,22+,23?. The molecule has 2 bridgehead atoms. The zero-order valence-electron chi connectivity index (χ0n) is 16.3. The van der Waals surface area contributed by atoms with Gasteiger partial charge in [0, 0.05) is 12.1 Å². The molecule has 0 spiro atoms. The minimum absolute atomic E-state index is 0.0652. The number of piperidine rings is 1. The van der Waals surface area contributed by atoms with Crippen molar-refractivity contribution >= 4 is 5.97 Å². The van der Waals surface area contributed by atoms with Crippen LogP contribution in [0.1, 0.15) is 48.3 Å². The molecule has 2 aromatic rings. The van der Waals surface area contributed by atoms with E-state index < -0.39 is 0 Å². The van der Waals surface area contributed by atoms with E-state index in [0.29, 0.717) is 18.5 Å². The van der Waals surface area contributed by atoms with Gasteiger partial charge in [-0.2, -0.15) is 0 Å². The highest BCUT2D eigenvalue weighted by Crippen LogP contribution is 2.36. The Bertz CT molecular complexity index is 757. The molecule has 2 saturated heterocycles. The van der Waals surface area contributed by atoms with E-state index in [-0.39, 0.29) is 18.0 Å². The predicted molar refractivity (Wildman–Crippen MR) is 108 cm³/mol. The number of ether oxygens (including phenoxy) is 1. The van der Waals surface area contributed by atoms with Gasteiger partial charge in [0.1, 0.15) is 6.10 Å². The SMILES string of the molecule is Cc1ccc(CC(C(=O)O[C@H]2C[C@H]3CC[C@@H](C2)N3C)c2ccccc2)cc1. The second-order valence-electron chi connectivity index (χ2n) is 8.23. The van der Waals surface area contributed by atoms with Crippen LogP contribution in [-0.4, -0.2) is 36.1 Å². The zero-order valence-corrected chi connectivity index (χ0v) is 16.3. The highest BCUT2D eigenvalue weighted by atomic mass is 16.5. The Morgan fingerprint density at radius 1 is 1.04 bits per heavy atom. The van der Waals surface area contributed by atoms with Gasteiger partial charge in [-0.15, -0.1) is 0 Å². The molecule has 2 aliphatic heterocycles. The van der Waals surface area contributed by atoms with E-state index in [1.807, 2.05) is 30.3 Å². The number of hydrogen-bond donors (Lipinski definition) is 0. The van der Waals surface area contributed by atoms with Gasteiger partial charge >= 0.3 is 5.97 Å². The van der Waals surface area contributed by atoms with Gasteiger partial charge in [-0.25, -0.2) is 0 Å². The average molecular weight is 364 g/mol. The van der Waals surface area contributed by atoms with Gasteiger partial charge in [0.15, 0.2) is 0 Å². The summed E-state index contributed by atoms with van der Waals surface area (Å²) in [5.41, 5.74) is 3.45. The first-order chi connectivity index (χ1) is 13.1. The lowest BCUT2D eigenvalue weighted by atomic mass is 9.91. The summed E-state index contributed by atoms with van der Waals surface area (Å²) in [6.45, 7) is 2.08. The van der Waals surface area contributed by atoms with Gasteiger partial charge in [0.2, 0.25) is 0 Å². The van der Waals surface area contributed by atoms with Crippen molar-refractivity contribution < 1.29 is 9.53 Å². The third-order valence-electron chi connectivity index (χ3n) is 6.38. The van der Waals surface area contributed by atoms with Crippen LogP contribution in [0.3, 0.4) is 0 Å². The molecule has 1 unspecified atom stereocenters. The quantitative estimate of drug-likeness (QED) is 0.733. The largest absolute Gasteiger partial charge is 0.462 e. The van der Waals surface area contributed by atoms with Crippen LogP contribution in [0, 0.1) is 6.92 Å². The molecule has 0 aromatic heterocycles. The van der Waals surface area contributed by atoms with Crippen LogP contribution < -0.4 is 0 Å². The Labute approximate surface area is 162 Å². The molecule has 3 nitrogen and oxygen atoms in total. The highest BCUT2D eigenvalue weighted by molar-refractivity contribution is 5.78. The van der Waals surface area contributed by atoms with E-state index in [2.05, 4.69) is 43.1 Å². The van der Waals surface area contributed by atoms with Crippen LogP contribution in [0.5, 0.6) is 0 Å². The first kappa shape index (κ1) is 18.2. The van der Waals surface area contributed by atoms with Crippen LogP contribution >= 0.6 is 0 Å². The average Bonchev–Trinajstić information content (AvgIpc) is 2.89. The van der Waals surface area contributed by atoms with Crippen LogP contribution in [0.2, 0.25) is 0 Å². The second kappa shape index (κ2) is 7.85. The highest BCUT2D eigenvalue weighted by Gasteiger charge is 2.40. The van der Waals surface area contributed by atoms with Gasteiger partial charge in [-0.05, 0) is 57.2 Å². The van der Waals surface area contributed by atoms with Crippen molar-refractivity contribution in [2.75, 3.05) is 7.05 Å². The van der Waals surface area contributed by atoms with Crippen molar-refractivity contribution in [3.05, 3.63) is 71.3 Å². The Morgan fingerprint density at radius 3 is 2.30 bits per heavy atom. The Kier molecular flexibility index (Phi) is 5.31. The minimum atomic E-state index is -0.244. The first-order valence-electron chi connectivity index (χ1n) is 10.1. The molecule has 2 aliphatic rings. The van der Waals surface area contributed by atoms with Crippen molar-refractivity contribution in [3.63, 3.8) is 0 Å². The molecule has 3 heteroatoms. The van der Waals surface area contributed by atoms with E-state index in [1.165, 1.54) is 24.0 Å². The van der Waals surface area contributed by atoms with Crippen molar-refractivity contribution in [1.82, 2.24) is 4.90 Å². The number of esters is 1. The number of fused-ring (bicyclic) bond motifs is 2. The summed E-state index contributed by atoms with van der Waals surface area (Å²) in [7, 11) is 2.21. The Morgan fingerprint density at radius 2 is 1.67 bits per heavy atom. The van der Waals surface area contributed by atoms with E-state index in [0.717, 1.165) is 18.4 Å². The Balaban J connectivity index is 1.49.